The smallest absolute Gasteiger partial charge is 0.346 e. The summed E-state index contributed by atoms with van der Waals surface area (Å²) in [6, 6.07) is 23.1. The van der Waals surface area contributed by atoms with Crippen LogP contribution in [0, 0.1) is 6.92 Å². The van der Waals surface area contributed by atoms with Crippen molar-refractivity contribution in [3.63, 3.8) is 0 Å². The molecule has 5 rings (SSSR count). The summed E-state index contributed by atoms with van der Waals surface area (Å²) >= 11 is 0. The van der Waals surface area contributed by atoms with Gasteiger partial charge < -0.3 is 19.9 Å². The van der Waals surface area contributed by atoms with Crippen LogP contribution in [0.1, 0.15) is 47.0 Å². The number of carboxylic acids is 1. The van der Waals surface area contributed by atoms with Gasteiger partial charge in [0.25, 0.3) is 5.91 Å². The molecule has 1 aliphatic rings. The molecule has 4 aromatic carbocycles. The lowest BCUT2D eigenvalue weighted by molar-refractivity contribution is 0.0443. The van der Waals surface area contributed by atoms with Gasteiger partial charge in [-0.1, -0.05) is 29.8 Å². The van der Waals surface area contributed by atoms with Gasteiger partial charge in [-0.05, 0) is 78.7 Å². The van der Waals surface area contributed by atoms with Crippen LogP contribution in [0.3, 0.4) is 0 Å². The van der Waals surface area contributed by atoms with Crippen LogP contribution in [-0.4, -0.2) is 28.9 Å². The molecule has 1 heterocycles. The number of anilines is 1. The summed E-state index contributed by atoms with van der Waals surface area (Å²) in [7, 11) is 0. The van der Waals surface area contributed by atoms with Crippen LogP contribution in [0.15, 0.2) is 84.9 Å². The minimum Gasteiger partial charge on any atom is -0.478 e. The maximum atomic E-state index is 13.1. The molecule has 4 aromatic rings. The number of carbonyl (C=O) groups excluding carboxylic acids is 3. The SMILES string of the molecule is Cc1ccc(Oc2ccc(NC(=O)c3cc(-c4ccc5c(c4)C(=O)OC5=O)ccc3C(=O)O)cc2)cc1. The van der Waals surface area contributed by atoms with E-state index < -0.39 is 23.8 Å². The van der Waals surface area contributed by atoms with Crippen molar-refractivity contribution in [1.29, 1.82) is 0 Å². The van der Waals surface area contributed by atoms with Crippen molar-refractivity contribution in [2.45, 2.75) is 6.92 Å². The Labute approximate surface area is 211 Å². The van der Waals surface area contributed by atoms with Gasteiger partial charge in [-0.3, -0.25) is 4.79 Å². The van der Waals surface area contributed by atoms with Crippen molar-refractivity contribution in [2.24, 2.45) is 0 Å². The van der Waals surface area contributed by atoms with E-state index >= 15 is 0 Å². The maximum absolute atomic E-state index is 13.1. The summed E-state index contributed by atoms with van der Waals surface area (Å²) in [6.45, 7) is 1.98. The number of ether oxygens (including phenoxy) is 2. The van der Waals surface area contributed by atoms with Crippen molar-refractivity contribution >= 4 is 29.5 Å². The average molecular weight is 493 g/mol. The average Bonchev–Trinajstić information content (AvgIpc) is 3.18. The Morgan fingerprint density at radius 2 is 1.32 bits per heavy atom. The number of amides is 1. The highest BCUT2D eigenvalue weighted by molar-refractivity contribution is 6.15. The van der Waals surface area contributed by atoms with E-state index in [9.17, 15) is 24.3 Å². The third-order valence-corrected chi connectivity index (χ3v) is 5.84. The number of aryl methyl sites for hydroxylation is 1. The molecule has 1 amide bonds. The zero-order valence-electron chi connectivity index (χ0n) is 19.5. The number of nitrogens with one attached hydrogen (secondary N) is 1. The maximum Gasteiger partial charge on any atom is 0.346 e. The quantitative estimate of drug-likeness (QED) is 0.261. The van der Waals surface area contributed by atoms with Crippen molar-refractivity contribution in [1.82, 2.24) is 0 Å². The first-order chi connectivity index (χ1) is 17.8. The molecule has 0 unspecified atom stereocenters. The Hall–Kier alpha value is -5.24. The lowest BCUT2D eigenvalue weighted by Crippen LogP contribution is -2.16. The Kier molecular flexibility index (Phi) is 5.99. The summed E-state index contributed by atoms with van der Waals surface area (Å²) in [4.78, 5) is 48.5. The van der Waals surface area contributed by atoms with E-state index in [2.05, 4.69) is 10.1 Å². The molecule has 1 aliphatic heterocycles. The van der Waals surface area contributed by atoms with Crippen LogP contribution < -0.4 is 10.1 Å². The molecule has 0 aromatic heterocycles. The fraction of sp³-hybridized carbons (Fsp3) is 0.0345. The number of fused-ring (bicyclic) bond motifs is 1. The second-order valence-electron chi connectivity index (χ2n) is 8.40. The molecule has 0 bridgehead atoms. The third-order valence-electron chi connectivity index (χ3n) is 5.84. The molecule has 0 fully saturated rings. The number of hydrogen-bond donors (Lipinski definition) is 2. The molecule has 0 spiro atoms. The normalized spacial score (nSPS) is 12.0. The molecule has 0 atom stereocenters. The number of benzene rings is 4. The van der Waals surface area contributed by atoms with E-state index in [0.29, 0.717) is 28.3 Å². The van der Waals surface area contributed by atoms with E-state index in [1.165, 1.54) is 30.3 Å². The molecule has 37 heavy (non-hydrogen) atoms. The summed E-state index contributed by atoms with van der Waals surface area (Å²) in [5.74, 6) is -2.11. The molecular weight excluding hydrogens is 474 g/mol. The van der Waals surface area contributed by atoms with E-state index in [4.69, 9.17) is 4.74 Å². The van der Waals surface area contributed by atoms with Crippen LogP contribution in [0.25, 0.3) is 11.1 Å². The van der Waals surface area contributed by atoms with Crippen molar-refractivity contribution in [3.8, 4) is 22.6 Å². The number of rotatable bonds is 6. The predicted octanol–water partition coefficient (Wildman–Crippen LogP) is 5.72. The first kappa shape index (κ1) is 23.5. The third kappa shape index (κ3) is 4.81. The van der Waals surface area contributed by atoms with Crippen LogP contribution in [0.5, 0.6) is 11.5 Å². The van der Waals surface area contributed by atoms with Crippen LogP contribution in [0.2, 0.25) is 0 Å². The fourth-order valence-corrected chi connectivity index (χ4v) is 3.91. The zero-order chi connectivity index (χ0) is 26.1. The molecule has 0 radical (unpaired) electrons. The van der Waals surface area contributed by atoms with Crippen molar-refractivity contribution < 1.29 is 33.8 Å². The van der Waals surface area contributed by atoms with Gasteiger partial charge in [-0.15, -0.1) is 0 Å². The van der Waals surface area contributed by atoms with Crippen LogP contribution in [-0.2, 0) is 4.74 Å². The molecule has 8 heteroatoms. The van der Waals surface area contributed by atoms with E-state index in [1.54, 1.807) is 30.3 Å². The summed E-state index contributed by atoms with van der Waals surface area (Å²) < 4.78 is 10.4. The molecule has 0 saturated carbocycles. The minimum absolute atomic E-state index is 0.0656. The van der Waals surface area contributed by atoms with Gasteiger partial charge in [-0.2, -0.15) is 0 Å². The van der Waals surface area contributed by atoms with Gasteiger partial charge in [-0.25, -0.2) is 14.4 Å². The molecule has 0 aliphatic carbocycles. The van der Waals surface area contributed by atoms with E-state index in [-0.39, 0.29) is 22.3 Å². The number of hydrogen-bond acceptors (Lipinski definition) is 6. The summed E-state index contributed by atoms with van der Waals surface area (Å²) in [6.07, 6.45) is 0. The highest BCUT2D eigenvalue weighted by Gasteiger charge is 2.30. The predicted molar refractivity (Wildman–Crippen MR) is 134 cm³/mol. The highest BCUT2D eigenvalue weighted by Crippen LogP contribution is 2.29. The van der Waals surface area contributed by atoms with Gasteiger partial charge in [0.05, 0.1) is 22.3 Å². The van der Waals surface area contributed by atoms with Crippen molar-refractivity contribution in [3.05, 3.63) is 113 Å². The molecule has 182 valence electrons. The fourth-order valence-electron chi connectivity index (χ4n) is 3.91. The monoisotopic (exact) mass is 493 g/mol. The molecule has 2 N–H and O–H groups in total. The Morgan fingerprint density at radius 1 is 0.730 bits per heavy atom. The second-order valence-corrected chi connectivity index (χ2v) is 8.40. The largest absolute Gasteiger partial charge is 0.478 e. The van der Waals surface area contributed by atoms with Gasteiger partial charge in [0.1, 0.15) is 11.5 Å². The summed E-state index contributed by atoms with van der Waals surface area (Å²) in [5.41, 5.74) is 2.60. The molecular formula is C29H19NO7. The first-order valence-corrected chi connectivity index (χ1v) is 11.2. The van der Waals surface area contributed by atoms with E-state index in [1.807, 2.05) is 31.2 Å². The lowest BCUT2D eigenvalue weighted by atomic mass is 9.96. The number of aromatic carboxylic acids is 1. The zero-order valence-corrected chi connectivity index (χ0v) is 19.5. The van der Waals surface area contributed by atoms with Crippen LogP contribution in [0.4, 0.5) is 5.69 Å². The van der Waals surface area contributed by atoms with Gasteiger partial charge >= 0.3 is 17.9 Å². The topological polar surface area (TPSA) is 119 Å². The van der Waals surface area contributed by atoms with Crippen LogP contribution >= 0.6 is 0 Å². The first-order valence-electron chi connectivity index (χ1n) is 11.2. The summed E-state index contributed by atoms with van der Waals surface area (Å²) in [5, 5.41) is 12.3. The molecule has 0 saturated heterocycles. The van der Waals surface area contributed by atoms with Crippen molar-refractivity contribution in [2.75, 3.05) is 5.32 Å². The molecule has 8 nitrogen and oxygen atoms in total. The number of carbonyl (C=O) groups is 4. The standard InChI is InChI=1S/C29H19NO7/c1-16-2-8-20(9-3-16)36-21-10-6-19(7-11-21)30-26(31)24-14-17(4-12-22(24)27(32)33)18-5-13-23-25(15-18)29(35)37-28(23)34/h2-15H,1H3,(H,30,31)(H,32,33). The lowest BCUT2D eigenvalue weighted by Gasteiger charge is -2.12. The Bertz CT molecular complexity index is 1570. The van der Waals surface area contributed by atoms with Gasteiger partial charge in [0.2, 0.25) is 0 Å². The number of esters is 2. The Balaban J connectivity index is 1.39. The minimum atomic E-state index is -1.26. The van der Waals surface area contributed by atoms with Gasteiger partial charge in [0.15, 0.2) is 0 Å². The Morgan fingerprint density at radius 3 is 2.00 bits per heavy atom. The van der Waals surface area contributed by atoms with E-state index in [0.717, 1.165) is 5.56 Å². The van der Waals surface area contributed by atoms with Gasteiger partial charge in [0, 0.05) is 5.69 Å². The number of carboxylic acid groups (broad SMARTS) is 1. The second kappa shape index (κ2) is 9.43. The number of cyclic esters (lactones) is 2. The highest BCUT2D eigenvalue weighted by atomic mass is 16.6.